The summed E-state index contributed by atoms with van der Waals surface area (Å²) in [6, 6.07) is 9.32. The van der Waals surface area contributed by atoms with Crippen molar-refractivity contribution in [2.75, 3.05) is 0 Å². The van der Waals surface area contributed by atoms with E-state index in [-0.39, 0.29) is 5.41 Å². The average molecular weight is 201 g/mol. The fraction of sp³-hybridized carbons (Fsp3) is 0.308. The number of nitrogens with zero attached hydrogens (tertiary/aromatic N) is 1. The van der Waals surface area contributed by atoms with E-state index in [9.17, 15) is 5.11 Å². The van der Waals surface area contributed by atoms with E-state index in [1.807, 2.05) is 24.3 Å². The second-order valence-corrected chi connectivity index (χ2v) is 4.79. The van der Waals surface area contributed by atoms with Crippen LogP contribution >= 0.6 is 0 Å². The number of phenols is 1. The van der Waals surface area contributed by atoms with Gasteiger partial charge in [-0.25, -0.2) is 0 Å². The molecule has 1 N–H and O–H groups in total. The van der Waals surface area contributed by atoms with Gasteiger partial charge in [0.05, 0.1) is 5.52 Å². The number of aromatic nitrogens is 1. The van der Waals surface area contributed by atoms with E-state index in [1.54, 1.807) is 6.07 Å². The van der Waals surface area contributed by atoms with E-state index in [2.05, 4.69) is 25.8 Å². The lowest BCUT2D eigenvalue weighted by molar-refractivity contribution is 0.481. The SMILES string of the molecule is CC(C)(C)c1ccc2c(O)cccc2n1. The van der Waals surface area contributed by atoms with Crippen LogP contribution in [0.25, 0.3) is 10.9 Å². The molecule has 0 aliphatic rings. The fourth-order valence-electron chi connectivity index (χ4n) is 1.56. The predicted octanol–water partition coefficient (Wildman–Crippen LogP) is 3.24. The molecular weight excluding hydrogens is 186 g/mol. The maximum Gasteiger partial charge on any atom is 0.124 e. The minimum Gasteiger partial charge on any atom is -0.507 e. The highest BCUT2D eigenvalue weighted by Gasteiger charge is 2.15. The smallest absolute Gasteiger partial charge is 0.124 e. The van der Waals surface area contributed by atoms with Crippen LogP contribution in [-0.4, -0.2) is 10.1 Å². The summed E-state index contributed by atoms with van der Waals surface area (Å²) in [7, 11) is 0. The van der Waals surface area contributed by atoms with Crippen LogP contribution < -0.4 is 0 Å². The summed E-state index contributed by atoms with van der Waals surface area (Å²) < 4.78 is 0. The zero-order valence-electron chi connectivity index (χ0n) is 9.28. The first-order chi connectivity index (χ1) is 6.98. The monoisotopic (exact) mass is 201 g/mol. The second kappa shape index (κ2) is 3.23. The van der Waals surface area contributed by atoms with Gasteiger partial charge in [-0.1, -0.05) is 26.8 Å². The van der Waals surface area contributed by atoms with Crippen molar-refractivity contribution >= 4 is 10.9 Å². The molecule has 0 aliphatic carbocycles. The molecule has 0 amide bonds. The van der Waals surface area contributed by atoms with Gasteiger partial charge in [-0.2, -0.15) is 0 Å². The highest BCUT2D eigenvalue weighted by Crippen LogP contribution is 2.27. The van der Waals surface area contributed by atoms with Gasteiger partial charge in [0.25, 0.3) is 0 Å². The van der Waals surface area contributed by atoms with Gasteiger partial charge in [0.15, 0.2) is 0 Å². The number of pyridine rings is 1. The summed E-state index contributed by atoms with van der Waals surface area (Å²) in [5.74, 6) is 0.292. The minimum atomic E-state index is 0.0413. The molecule has 1 aromatic heterocycles. The van der Waals surface area contributed by atoms with Gasteiger partial charge in [-0.15, -0.1) is 0 Å². The first-order valence-corrected chi connectivity index (χ1v) is 5.08. The van der Waals surface area contributed by atoms with Crippen molar-refractivity contribution in [1.29, 1.82) is 0 Å². The standard InChI is InChI=1S/C13H15NO/c1-13(2,3)12-8-7-9-10(14-12)5-4-6-11(9)15/h4-8,15H,1-3H3. The van der Waals surface area contributed by atoms with Gasteiger partial charge >= 0.3 is 0 Å². The zero-order chi connectivity index (χ0) is 11.1. The summed E-state index contributed by atoms with van der Waals surface area (Å²) in [6.45, 7) is 6.39. The molecule has 0 fully saturated rings. The summed E-state index contributed by atoms with van der Waals surface area (Å²) in [5.41, 5.74) is 1.93. The van der Waals surface area contributed by atoms with E-state index < -0.39 is 0 Å². The normalized spacial score (nSPS) is 11.9. The van der Waals surface area contributed by atoms with Gasteiger partial charge in [-0.3, -0.25) is 4.98 Å². The van der Waals surface area contributed by atoms with Crippen LogP contribution in [0.5, 0.6) is 5.75 Å². The van der Waals surface area contributed by atoms with Crippen molar-refractivity contribution in [3.05, 3.63) is 36.0 Å². The molecule has 2 rings (SSSR count). The molecule has 0 spiro atoms. The zero-order valence-corrected chi connectivity index (χ0v) is 9.28. The number of hydrogen-bond donors (Lipinski definition) is 1. The Labute approximate surface area is 89.6 Å². The van der Waals surface area contributed by atoms with E-state index in [1.165, 1.54) is 0 Å². The summed E-state index contributed by atoms with van der Waals surface area (Å²) in [6.07, 6.45) is 0. The molecule has 0 saturated carbocycles. The summed E-state index contributed by atoms with van der Waals surface area (Å²) in [5, 5.41) is 10.4. The van der Waals surface area contributed by atoms with Crippen LogP contribution in [0.15, 0.2) is 30.3 Å². The number of benzene rings is 1. The van der Waals surface area contributed by atoms with Gasteiger partial charge in [-0.05, 0) is 24.3 Å². The maximum absolute atomic E-state index is 9.62. The molecule has 78 valence electrons. The largest absolute Gasteiger partial charge is 0.507 e. The van der Waals surface area contributed by atoms with Crippen molar-refractivity contribution in [2.24, 2.45) is 0 Å². The first-order valence-electron chi connectivity index (χ1n) is 5.08. The molecule has 2 nitrogen and oxygen atoms in total. The first kappa shape index (κ1) is 9.97. The highest BCUT2D eigenvalue weighted by molar-refractivity contribution is 5.84. The quantitative estimate of drug-likeness (QED) is 0.709. The van der Waals surface area contributed by atoms with Crippen LogP contribution in [0, 0.1) is 0 Å². The third-order valence-electron chi connectivity index (χ3n) is 2.48. The number of phenolic OH excluding ortho intramolecular Hbond substituents is 1. The van der Waals surface area contributed by atoms with Crippen LogP contribution in [0.3, 0.4) is 0 Å². The van der Waals surface area contributed by atoms with Gasteiger partial charge in [0, 0.05) is 16.5 Å². The Hall–Kier alpha value is -1.57. The van der Waals surface area contributed by atoms with Crippen LogP contribution in [0.2, 0.25) is 0 Å². The maximum atomic E-state index is 9.62. The Morgan fingerprint density at radius 2 is 1.80 bits per heavy atom. The fourth-order valence-corrected chi connectivity index (χ4v) is 1.56. The Kier molecular flexibility index (Phi) is 2.14. The van der Waals surface area contributed by atoms with Crippen molar-refractivity contribution in [3.8, 4) is 5.75 Å². The molecule has 0 saturated heterocycles. The summed E-state index contributed by atoms with van der Waals surface area (Å²) in [4.78, 5) is 4.55. The Morgan fingerprint density at radius 1 is 1.07 bits per heavy atom. The lowest BCUT2D eigenvalue weighted by Crippen LogP contribution is -2.13. The van der Waals surface area contributed by atoms with Gasteiger partial charge in [0.1, 0.15) is 5.75 Å². The molecule has 15 heavy (non-hydrogen) atoms. The van der Waals surface area contributed by atoms with Crippen molar-refractivity contribution in [2.45, 2.75) is 26.2 Å². The molecule has 0 bridgehead atoms. The molecule has 0 radical (unpaired) electrons. The lowest BCUT2D eigenvalue weighted by Gasteiger charge is -2.18. The van der Waals surface area contributed by atoms with Crippen LogP contribution in [0.4, 0.5) is 0 Å². The van der Waals surface area contributed by atoms with Gasteiger partial charge in [0.2, 0.25) is 0 Å². The molecule has 0 atom stereocenters. The Balaban J connectivity index is 2.68. The van der Waals surface area contributed by atoms with E-state index in [4.69, 9.17) is 0 Å². The predicted molar refractivity (Wildman–Crippen MR) is 62.1 cm³/mol. The molecule has 2 aromatic rings. The molecule has 0 aliphatic heterocycles. The summed E-state index contributed by atoms with van der Waals surface area (Å²) >= 11 is 0. The van der Waals surface area contributed by atoms with Gasteiger partial charge < -0.3 is 5.11 Å². The van der Waals surface area contributed by atoms with Crippen LogP contribution in [-0.2, 0) is 5.41 Å². The average Bonchev–Trinajstić information content (AvgIpc) is 2.16. The molecule has 1 aromatic carbocycles. The lowest BCUT2D eigenvalue weighted by atomic mass is 9.91. The number of hydrogen-bond acceptors (Lipinski definition) is 2. The van der Waals surface area contributed by atoms with Crippen molar-refractivity contribution in [3.63, 3.8) is 0 Å². The molecule has 1 heterocycles. The topological polar surface area (TPSA) is 33.1 Å². The minimum absolute atomic E-state index is 0.0413. The highest BCUT2D eigenvalue weighted by atomic mass is 16.3. The molecular formula is C13H15NO. The molecule has 2 heteroatoms. The third kappa shape index (κ3) is 1.80. The third-order valence-corrected chi connectivity index (χ3v) is 2.48. The van der Waals surface area contributed by atoms with E-state index >= 15 is 0 Å². The number of fused-ring (bicyclic) bond motifs is 1. The van der Waals surface area contributed by atoms with E-state index in [0.29, 0.717) is 5.75 Å². The second-order valence-electron chi connectivity index (χ2n) is 4.79. The Bertz CT molecular complexity index is 497. The number of aromatic hydroxyl groups is 1. The van der Waals surface area contributed by atoms with Crippen molar-refractivity contribution in [1.82, 2.24) is 4.98 Å². The number of rotatable bonds is 0. The Morgan fingerprint density at radius 3 is 2.47 bits per heavy atom. The van der Waals surface area contributed by atoms with Crippen molar-refractivity contribution < 1.29 is 5.11 Å². The molecule has 0 unspecified atom stereocenters. The van der Waals surface area contributed by atoms with Crippen LogP contribution in [0.1, 0.15) is 26.5 Å². The van der Waals surface area contributed by atoms with E-state index in [0.717, 1.165) is 16.6 Å².